The van der Waals surface area contributed by atoms with Crippen LogP contribution in [0.5, 0.6) is 0 Å². The number of aromatic nitrogens is 4. The van der Waals surface area contributed by atoms with Gasteiger partial charge in [-0.25, -0.2) is 9.97 Å². The van der Waals surface area contributed by atoms with Crippen LogP contribution in [0.2, 0.25) is 0 Å². The van der Waals surface area contributed by atoms with Crippen LogP contribution in [-0.2, 0) is 0 Å². The number of para-hydroxylation sites is 2. The van der Waals surface area contributed by atoms with E-state index in [-0.39, 0.29) is 0 Å². The molecule has 2 N–H and O–H groups in total. The van der Waals surface area contributed by atoms with E-state index >= 15 is 0 Å². The second kappa shape index (κ2) is 13.1. The standard InChI is InChI=1S/C32H44N8/c1-5-39(6-2)31-35-27-18-11-9-16-25(27)29(37-31)33-21-23-14-13-15-24(20-23)22-34-30-26-17-10-12-19-28(26)36-32(38-30)40(7-3)8-4/h9-12,16-19,23-24H,5-8,13-15,20-22H2,1-4H3,(H,33,35,37)(H,34,36,38). The van der Waals surface area contributed by atoms with Gasteiger partial charge in [0.2, 0.25) is 11.9 Å². The molecule has 1 aliphatic rings. The molecule has 212 valence electrons. The van der Waals surface area contributed by atoms with Gasteiger partial charge in [-0.05, 0) is 83.1 Å². The number of nitrogens with zero attached hydrogens (tertiary/aromatic N) is 6. The Bertz CT molecular complexity index is 1290. The molecule has 8 heteroatoms. The van der Waals surface area contributed by atoms with Crippen LogP contribution >= 0.6 is 0 Å². The molecule has 2 atom stereocenters. The summed E-state index contributed by atoms with van der Waals surface area (Å²) in [5, 5.41) is 9.64. The van der Waals surface area contributed by atoms with E-state index in [0.29, 0.717) is 11.8 Å². The fourth-order valence-electron chi connectivity index (χ4n) is 5.95. The van der Waals surface area contributed by atoms with Crippen molar-refractivity contribution in [2.45, 2.75) is 53.4 Å². The van der Waals surface area contributed by atoms with E-state index < -0.39 is 0 Å². The summed E-state index contributed by atoms with van der Waals surface area (Å²) >= 11 is 0. The Morgan fingerprint density at radius 1 is 0.625 bits per heavy atom. The first kappa shape index (κ1) is 27.9. The molecule has 0 radical (unpaired) electrons. The van der Waals surface area contributed by atoms with E-state index in [1.807, 2.05) is 0 Å². The van der Waals surface area contributed by atoms with E-state index in [2.05, 4.69) is 96.7 Å². The SMILES string of the molecule is CCN(CC)c1nc(NCC2CCCC(CNc3nc(N(CC)CC)nc4ccccc34)C2)c2ccccc2n1. The summed E-state index contributed by atoms with van der Waals surface area (Å²) in [6.07, 6.45) is 4.94. The van der Waals surface area contributed by atoms with Gasteiger partial charge < -0.3 is 20.4 Å². The maximum absolute atomic E-state index is 4.96. The molecule has 2 aromatic carbocycles. The third-order valence-electron chi connectivity index (χ3n) is 8.28. The van der Waals surface area contributed by atoms with Gasteiger partial charge in [-0.1, -0.05) is 30.7 Å². The largest absolute Gasteiger partial charge is 0.369 e. The molecule has 2 heterocycles. The molecule has 1 fully saturated rings. The van der Waals surface area contributed by atoms with Crippen molar-refractivity contribution in [2.75, 3.05) is 59.7 Å². The zero-order valence-electron chi connectivity index (χ0n) is 24.5. The number of nitrogens with one attached hydrogen (secondary N) is 2. The number of benzene rings is 2. The van der Waals surface area contributed by atoms with Gasteiger partial charge >= 0.3 is 0 Å². The lowest BCUT2D eigenvalue weighted by molar-refractivity contribution is 0.286. The second-order valence-corrected chi connectivity index (χ2v) is 10.8. The topological polar surface area (TPSA) is 82.1 Å². The number of rotatable bonds is 12. The normalized spacial score (nSPS) is 17.2. The molecule has 0 bridgehead atoms. The molecule has 40 heavy (non-hydrogen) atoms. The average Bonchev–Trinajstić information content (AvgIpc) is 3.00. The summed E-state index contributed by atoms with van der Waals surface area (Å²) in [5.41, 5.74) is 1.99. The molecule has 4 aromatic rings. The summed E-state index contributed by atoms with van der Waals surface area (Å²) in [5.74, 6) is 4.73. The number of hydrogen-bond donors (Lipinski definition) is 2. The summed E-state index contributed by atoms with van der Waals surface area (Å²) < 4.78 is 0. The van der Waals surface area contributed by atoms with Crippen molar-refractivity contribution in [2.24, 2.45) is 11.8 Å². The quantitative estimate of drug-likeness (QED) is 0.208. The molecular weight excluding hydrogens is 496 g/mol. The third-order valence-corrected chi connectivity index (χ3v) is 8.28. The minimum absolute atomic E-state index is 0.611. The predicted octanol–water partition coefficient (Wildman–Crippen LogP) is 6.60. The van der Waals surface area contributed by atoms with Crippen molar-refractivity contribution < 1.29 is 0 Å². The molecule has 2 aromatic heterocycles. The summed E-state index contributed by atoms with van der Waals surface area (Å²) in [4.78, 5) is 24.0. The van der Waals surface area contributed by atoms with E-state index in [4.69, 9.17) is 19.9 Å². The Kier molecular flexibility index (Phi) is 9.14. The lowest BCUT2D eigenvalue weighted by Crippen LogP contribution is -2.28. The maximum atomic E-state index is 4.96. The Balaban J connectivity index is 1.26. The van der Waals surface area contributed by atoms with Crippen LogP contribution in [0.3, 0.4) is 0 Å². The van der Waals surface area contributed by atoms with Crippen LogP contribution in [0.1, 0.15) is 53.4 Å². The zero-order valence-corrected chi connectivity index (χ0v) is 24.5. The van der Waals surface area contributed by atoms with E-state index in [9.17, 15) is 0 Å². The fraction of sp³-hybridized carbons (Fsp3) is 0.500. The van der Waals surface area contributed by atoms with Crippen molar-refractivity contribution in [3.63, 3.8) is 0 Å². The number of anilines is 4. The van der Waals surface area contributed by atoms with Crippen LogP contribution in [0.15, 0.2) is 48.5 Å². The van der Waals surface area contributed by atoms with Crippen molar-refractivity contribution in [1.29, 1.82) is 0 Å². The maximum Gasteiger partial charge on any atom is 0.227 e. The molecule has 0 spiro atoms. The lowest BCUT2D eigenvalue weighted by atomic mass is 9.81. The fourth-order valence-corrected chi connectivity index (χ4v) is 5.95. The Morgan fingerprint density at radius 2 is 1.05 bits per heavy atom. The first-order valence-electron chi connectivity index (χ1n) is 15.1. The minimum Gasteiger partial charge on any atom is -0.369 e. The molecule has 0 saturated heterocycles. The first-order valence-corrected chi connectivity index (χ1v) is 15.1. The van der Waals surface area contributed by atoms with Gasteiger partial charge in [-0.15, -0.1) is 0 Å². The molecule has 8 nitrogen and oxygen atoms in total. The van der Waals surface area contributed by atoms with Gasteiger partial charge in [0.15, 0.2) is 0 Å². The van der Waals surface area contributed by atoms with Gasteiger partial charge in [0.25, 0.3) is 0 Å². The van der Waals surface area contributed by atoms with Crippen LogP contribution < -0.4 is 20.4 Å². The molecule has 1 saturated carbocycles. The van der Waals surface area contributed by atoms with Gasteiger partial charge in [0.05, 0.1) is 11.0 Å². The molecule has 0 aliphatic heterocycles. The lowest BCUT2D eigenvalue weighted by Gasteiger charge is -2.30. The smallest absolute Gasteiger partial charge is 0.227 e. The molecular formula is C32H44N8. The van der Waals surface area contributed by atoms with Crippen molar-refractivity contribution in [3.05, 3.63) is 48.5 Å². The minimum atomic E-state index is 0.611. The van der Waals surface area contributed by atoms with Crippen LogP contribution in [0.4, 0.5) is 23.5 Å². The number of hydrogen-bond acceptors (Lipinski definition) is 8. The van der Waals surface area contributed by atoms with Crippen LogP contribution in [0, 0.1) is 11.8 Å². The average molecular weight is 541 g/mol. The Labute approximate surface area is 238 Å². The van der Waals surface area contributed by atoms with Crippen LogP contribution in [0.25, 0.3) is 21.8 Å². The number of fused-ring (bicyclic) bond motifs is 2. The Morgan fingerprint density at radius 3 is 1.48 bits per heavy atom. The highest BCUT2D eigenvalue weighted by Crippen LogP contribution is 2.32. The van der Waals surface area contributed by atoms with Gasteiger partial charge in [-0.2, -0.15) is 9.97 Å². The van der Waals surface area contributed by atoms with Crippen molar-refractivity contribution in [3.8, 4) is 0 Å². The second-order valence-electron chi connectivity index (χ2n) is 10.8. The van der Waals surface area contributed by atoms with E-state index in [1.165, 1.54) is 25.7 Å². The van der Waals surface area contributed by atoms with Crippen LogP contribution in [-0.4, -0.2) is 59.2 Å². The zero-order chi connectivity index (χ0) is 27.9. The molecule has 5 rings (SSSR count). The first-order chi connectivity index (χ1) is 19.6. The van der Waals surface area contributed by atoms with Crippen molar-refractivity contribution in [1.82, 2.24) is 19.9 Å². The predicted molar refractivity (Wildman–Crippen MR) is 169 cm³/mol. The van der Waals surface area contributed by atoms with E-state index in [1.54, 1.807) is 0 Å². The third kappa shape index (κ3) is 6.21. The highest BCUT2D eigenvalue weighted by molar-refractivity contribution is 5.91. The molecule has 1 aliphatic carbocycles. The highest BCUT2D eigenvalue weighted by Gasteiger charge is 2.23. The molecule has 0 amide bonds. The highest BCUT2D eigenvalue weighted by atomic mass is 15.3. The van der Waals surface area contributed by atoms with Crippen molar-refractivity contribution >= 4 is 45.3 Å². The molecule has 2 unspecified atom stereocenters. The summed E-state index contributed by atoms with van der Waals surface area (Å²) in [7, 11) is 0. The summed E-state index contributed by atoms with van der Waals surface area (Å²) in [6, 6.07) is 16.6. The summed E-state index contributed by atoms with van der Waals surface area (Å²) in [6.45, 7) is 14.0. The van der Waals surface area contributed by atoms with Gasteiger partial charge in [0, 0.05) is 50.0 Å². The van der Waals surface area contributed by atoms with Gasteiger partial charge in [-0.3, -0.25) is 0 Å². The van der Waals surface area contributed by atoms with Gasteiger partial charge in [0.1, 0.15) is 11.6 Å². The Hall–Kier alpha value is -3.68. The monoisotopic (exact) mass is 540 g/mol. The van der Waals surface area contributed by atoms with E-state index in [0.717, 1.165) is 84.6 Å².